The fourth-order valence-corrected chi connectivity index (χ4v) is 2.50. The number of H-pyrrole nitrogens is 1. The lowest BCUT2D eigenvalue weighted by Gasteiger charge is -2.02. The van der Waals surface area contributed by atoms with E-state index in [0.29, 0.717) is 5.92 Å². The second-order valence-corrected chi connectivity index (χ2v) is 5.75. The molecule has 4 nitrogen and oxygen atoms in total. The van der Waals surface area contributed by atoms with Crippen molar-refractivity contribution in [2.75, 3.05) is 0 Å². The van der Waals surface area contributed by atoms with E-state index in [-0.39, 0.29) is 0 Å². The largest absolute Gasteiger partial charge is 0.325 e. The lowest BCUT2D eigenvalue weighted by Crippen LogP contribution is -1.99. The summed E-state index contributed by atoms with van der Waals surface area (Å²) in [7, 11) is 0. The van der Waals surface area contributed by atoms with Gasteiger partial charge in [-0.05, 0) is 31.6 Å². The highest BCUT2D eigenvalue weighted by Crippen LogP contribution is 2.24. The fourth-order valence-electron chi connectivity index (χ4n) is 2.50. The van der Waals surface area contributed by atoms with E-state index < -0.39 is 0 Å². The zero-order valence-corrected chi connectivity index (χ0v) is 11.3. The number of aryl methyl sites for hydroxylation is 2. The van der Waals surface area contributed by atoms with Crippen molar-refractivity contribution >= 4 is 11.3 Å². The lowest BCUT2D eigenvalue weighted by molar-refractivity contribution is 0.508. The summed E-state index contributed by atoms with van der Waals surface area (Å²) in [6.07, 6.45) is 4.53. The van der Waals surface area contributed by atoms with Crippen molar-refractivity contribution in [2.24, 2.45) is 5.92 Å². The van der Waals surface area contributed by atoms with Crippen LogP contribution in [0.4, 0.5) is 0 Å². The Morgan fingerprint density at radius 3 is 2.39 bits per heavy atom. The molecule has 1 aliphatic rings. The lowest BCUT2D eigenvalue weighted by atomic mass is 10.0. The van der Waals surface area contributed by atoms with Gasteiger partial charge in [-0.25, -0.2) is 15.0 Å². The predicted molar refractivity (Wildman–Crippen MR) is 71.6 cm³/mol. The minimum atomic E-state index is 0.390. The molecule has 1 unspecified atom stereocenters. The summed E-state index contributed by atoms with van der Waals surface area (Å²) in [5.41, 5.74) is 3.97. The molecule has 0 saturated carbocycles. The van der Waals surface area contributed by atoms with Gasteiger partial charge in [0, 0.05) is 5.92 Å². The minimum absolute atomic E-state index is 0.390. The van der Waals surface area contributed by atoms with E-state index >= 15 is 0 Å². The Labute approximate surface area is 107 Å². The monoisotopic (exact) mass is 244 g/mol. The van der Waals surface area contributed by atoms with Crippen LogP contribution in [0.2, 0.25) is 0 Å². The van der Waals surface area contributed by atoms with Crippen molar-refractivity contribution in [3.05, 3.63) is 17.2 Å². The van der Waals surface area contributed by atoms with Crippen molar-refractivity contribution in [2.45, 2.75) is 52.4 Å². The van der Waals surface area contributed by atoms with Gasteiger partial charge in [-0.3, -0.25) is 0 Å². The zero-order chi connectivity index (χ0) is 12.7. The normalized spacial score (nSPS) is 17.1. The van der Waals surface area contributed by atoms with Gasteiger partial charge in [0.15, 0.2) is 11.3 Å². The molecule has 2 aromatic heterocycles. The topological polar surface area (TPSA) is 54.5 Å². The number of fused-ring (bicyclic) bond motifs is 2. The summed E-state index contributed by atoms with van der Waals surface area (Å²) in [5.74, 6) is 2.15. The molecule has 1 aliphatic carbocycles. The summed E-state index contributed by atoms with van der Waals surface area (Å²) in [5, 5.41) is 0. The summed E-state index contributed by atoms with van der Waals surface area (Å²) < 4.78 is 0. The van der Waals surface area contributed by atoms with E-state index in [1.54, 1.807) is 0 Å². The van der Waals surface area contributed by atoms with Crippen LogP contribution in [0.5, 0.6) is 0 Å². The van der Waals surface area contributed by atoms with E-state index in [9.17, 15) is 0 Å². The number of hydrogen-bond donors (Lipinski definition) is 1. The molecule has 0 saturated heterocycles. The third kappa shape index (κ3) is 2.00. The van der Waals surface area contributed by atoms with E-state index in [1.807, 2.05) is 0 Å². The Morgan fingerprint density at radius 2 is 1.72 bits per heavy atom. The maximum absolute atomic E-state index is 4.73. The molecule has 1 atom stereocenters. The molecule has 1 N–H and O–H groups in total. The van der Waals surface area contributed by atoms with Gasteiger partial charge in [0.1, 0.15) is 5.82 Å². The highest BCUT2D eigenvalue weighted by atomic mass is 15.1. The Morgan fingerprint density at radius 1 is 1.06 bits per heavy atom. The molecule has 96 valence electrons. The number of imidazole rings is 1. The number of rotatable bonds is 1. The first-order valence-corrected chi connectivity index (χ1v) is 6.89. The first-order valence-electron chi connectivity index (χ1n) is 6.89. The molecular weight excluding hydrogens is 224 g/mol. The van der Waals surface area contributed by atoms with Crippen LogP contribution in [-0.4, -0.2) is 19.9 Å². The van der Waals surface area contributed by atoms with Crippen LogP contribution in [0, 0.1) is 5.92 Å². The molecule has 18 heavy (non-hydrogen) atoms. The van der Waals surface area contributed by atoms with E-state index in [1.165, 1.54) is 18.5 Å². The molecule has 0 amide bonds. The van der Waals surface area contributed by atoms with Gasteiger partial charge < -0.3 is 4.98 Å². The zero-order valence-electron chi connectivity index (χ0n) is 11.3. The number of nitrogens with zero attached hydrogens (tertiary/aromatic N) is 3. The molecule has 0 fully saturated rings. The standard InChI is InChI=1S/C14H20N4/c1-8(2)12-17-13-14(18-12)16-11-7-5-9(3)4-6-10(11)15-13/h8-9H,4-7H2,1-3H3,(H,15,16,17,18). The predicted octanol–water partition coefficient (Wildman–Crippen LogP) is 2.99. The maximum atomic E-state index is 4.73. The summed E-state index contributed by atoms with van der Waals surface area (Å²) in [6, 6.07) is 0. The Bertz CT molecular complexity index is 525. The van der Waals surface area contributed by atoms with Crippen molar-refractivity contribution < 1.29 is 0 Å². The molecule has 0 spiro atoms. The van der Waals surface area contributed by atoms with Gasteiger partial charge in [-0.2, -0.15) is 0 Å². The Hall–Kier alpha value is -1.45. The summed E-state index contributed by atoms with van der Waals surface area (Å²) >= 11 is 0. The SMILES string of the molecule is CC1CCc2nc3nc(C(C)C)[nH]c3nc2CC1. The van der Waals surface area contributed by atoms with Gasteiger partial charge in [0.2, 0.25) is 0 Å². The van der Waals surface area contributed by atoms with Crippen molar-refractivity contribution in [3.63, 3.8) is 0 Å². The highest BCUT2D eigenvalue weighted by molar-refractivity contribution is 5.66. The smallest absolute Gasteiger partial charge is 0.197 e. The van der Waals surface area contributed by atoms with Crippen LogP contribution in [-0.2, 0) is 12.8 Å². The summed E-state index contributed by atoms with van der Waals surface area (Å²) in [4.78, 5) is 17.3. The second kappa shape index (κ2) is 4.34. The molecule has 0 bridgehead atoms. The first-order chi connectivity index (χ1) is 8.63. The third-order valence-electron chi connectivity index (χ3n) is 3.80. The third-order valence-corrected chi connectivity index (χ3v) is 3.80. The van der Waals surface area contributed by atoms with Crippen molar-refractivity contribution in [1.82, 2.24) is 19.9 Å². The summed E-state index contributed by atoms with van der Waals surface area (Å²) in [6.45, 7) is 6.57. The van der Waals surface area contributed by atoms with Gasteiger partial charge in [0.25, 0.3) is 0 Å². The Balaban J connectivity index is 2.06. The van der Waals surface area contributed by atoms with Gasteiger partial charge >= 0.3 is 0 Å². The average Bonchev–Trinajstić information content (AvgIpc) is 2.67. The molecule has 4 heteroatoms. The molecule has 0 radical (unpaired) electrons. The molecule has 0 aliphatic heterocycles. The van der Waals surface area contributed by atoms with Crippen LogP contribution in [0.15, 0.2) is 0 Å². The van der Waals surface area contributed by atoms with Crippen molar-refractivity contribution in [3.8, 4) is 0 Å². The van der Waals surface area contributed by atoms with Crippen LogP contribution < -0.4 is 0 Å². The van der Waals surface area contributed by atoms with E-state index in [0.717, 1.165) is 41.6 Å². The van der Waals surface area contributed by atoms with Crippen LogP contribution in [0.3, 0.4) is 0 Å². The molecule has 2 heterocycles. The second-order valence-electron chi connectivity index (χ2n) is 5.75. The van der Waals surface area contributed by atoms with E-state index in [2.05, 4.69) is 30.7 Å². The number of aromatic nitrogens is 4. The number of aromatic amines is 1. The fraction of sp³-hybridized carbons (Fsp3) is 0.643. The average molecular weight is 244 g/mol. The van der Waals surface area contributed by atoms with Crippen molar-refractivity contribution in [1.29, 1.82) is 0 Å². The molecule has 3 rings (SSSR count). The first kappa shape index (κ1) is 11.6. The molecule has 0 aromatic carbocycles. The van der Waals surface area contributed by atoms with Gasteiger partial charge in [-0.1, -0.05) is 20.8 Å². The molecule has 2 aromatic rings. The van der Waals surface area contributed by atoms with Crippen LogP contribution in [0.1, 0.15) is 56.7 Å². The van der Waals surface area contributed by atoms with E-state index in [4.69, 9.17) is 9.97 Å². The maximum Gasteiger partial charge on any atom is 0.197 e. The number of nitrogens with one attached hydrogen (secondary N) is 1. The highest BCUT2D eigenvalue weighted by Gasteiger charge is 2.18. The van der Waals surface area contributed by atoms with Gasteiger partial charge in [0.05, 0.1) is 11.4 Å². The molecular formula is C14H20N4. The van der Waals surface area contributed by atoms with Gasteiger partial charge in [-0.15, -0.1) is 0 Å². The minimum Gasteiger partial charge on any atom is -0.325 e. The number of hydrogen-bond acceptors (Lipinski definition) is 3. The van der Waals surface area contributed by atoms with Crippen LogP contribution in [0.25, 0.3) is 11.3 Å². The van der Waals surface area contributed by atoms with Crippen LogP contribution >= 0.6 is 0 Å². The Kier molecular flexibility index (Phi) is 2.80. The quantitative estimate of drug-likeness (QED) is 0.785.